The van der Waals surface area contributed by atoms with Crippen molar-refractivity contribution in [3.8, 4) is 0 Å². The van der Waals surface area contributed by atoms with Gasteiger partial charge in [-0.2, -0.15) is 0 Å². The Morgan fingerprint density at radius 2 is 1.87 bits per heavy atom. The van der Waals surface area contributed by atoms with E-state index in [0.717, 1.165) is 16.3 Å². The first-order chi connectivity index (χ1) is 11.1. The first kappa shape index (κ1) is 13.8. The third kappa shape index (κ3) is 1.91. The first-order valence-corrected chi connectivity index (χ1v) is 7.50. The van der Waals surface area contributed by atoms with Crippen LogP contribution in [0.1, 0.15) is 18.9 Å². The quantitative estimate of drug-likeness (QED) is 0.692. The van der Waals surface area contributed by atoms with Crippen LogP contribution in [-0.2, 0) is 16.6 Å². The maximum Gasteiger partial charge on any atom is 0.329 e. The summed E-state index contributed by atoms with van der Waals surface area (Å²) in [6, 6.07) is 11.0. The van der Waals surface area contributed by atoms with Crippen LogP contribution in [0.2, 0.25) is 0 Å². The topological polar surface area (TPSA) is 73.1 Å². The highest BCUT2D eigenvalue weighted by atomic mass is 16.2. The number of aromatic nitrogens is 2. The van der Waals surface area contributed by atoms with Gasteiger partial charge in [0, 0.05) is 18.9 Å². The maximum absolute atomic E-state index is 12.7. The lowest BCUT2D eigenvalue weighted by Crippen LogP contribution is -2.44. The van der Waals surface area contributed by atoms with E-state index >= 15 is 0 Å². The number of carbonyl (C=O) groups excluding carboxylic acids is 2. The standard InChI is InChI=1S/C17H15N3O3/c1-19-15-11-5-3-2-4-10(11)6-7-12(15)20(17(19)23)13-8-9-14(21)18-16(13)22/h2-7,13H,8-9H2,1H3,(H,18,21,22). The van der Waals surface area contributed by atoms with E-state index in [9.17, 15) is 14.4 Å². The van der Waals surface area contributed by atoms with Gasteiger partial charge in [0.1, 0.15) is 6.04 Å². The monoisotopic (exact) mass is 309 g/mol. The fraction of sp³-hybridized carbons (Fsp3) is 0.235. The molecular formula is C17H15N3O3. The van der Waals surface area contributed by atoms with E-state index in [1.807, 2.05) is 36.4 Å². The molecule has 0 spiro atoms. The van der Waals surface area contributed by atoms with E-state index in [2.05, 4.69) is 5.32 Å². The van der Waals surface area contributed by atoms with Gasteiger partial charge in [-0.15, -0.1) is 0 Å². The number of nitrogens with one attached hydrogen (secondary N) is 1. The summed E-state index contributed by atoms with van der Waals surface area (Å²) in [7, 11) is 1.71. The summed E-state index contributed by atoms with van der Waals surface area (Å²) < 4.78 is 3.07. The summed E-state index contributed by atoms with van der Waals surface area (Å²) in [5.74, 6) is -0.700. The molecule has 2 amide bonds. The molecule has 1 unspecified atom stereocenters. The Morgan fingerprint density at radius 3 is 2.65 bits per heavy atom. The molecule has 6 heteroatoms. The number of piperidine rings is 1. The number of carbonyl (C=O) groups is 2. The van der Waals surface area contributed by atoms with Crippen molar-refractivity contribution >= 4 is 33.6 Å². The molecule has 1 aliphatic rings. The van der Waals surface area contributed by atoms with Crippen molar-refractivity contribution in [1.82, 2.24) is 14.5 Å². The molecule has 4 rings (SSSR count). The lowest BCUT2D eigenvalue weighted by atomic mass is 10.0. The molecule has 116 valence electrons. The summed E-state index contributed by atoms with van der Waals surface area (Å²) in [5, 5.41) is 4.33. The molecule has 2 aromatic carbocycles. The number of imidazole rings is 1. The van der Waals surface area contributed by atoms with Gasteiger partial charge in [-0.25, -0.2) is 4.79 Å². The lowest BCUT2D eigenvalue weighted by molar-refractivity contribution is -0.135. The van der Waals surface area contributed by atoms with Gasteiger partial charge < -0.3 is 0 Å². The van der Waals surface area contributed by atoms with Gasteiger partial charge in [0.2, 0.25) is 11.8 Å². The second-order valence-electron chi connectivity index (χ2n) is 5.83. The zero-order valence-corrected chi connectivity index (χ0v) is 12.6. The molecule has 0 saturated carbocycles. The Balaban J connectivity index is 2.03. The molecule has 1 atom stereocenters. The van der Waals surface area contributed by atoms with Crippen molar-refractivity contribution in [1.29, 1.82) is 0 Å². The minimum Gasteiger partial charge on any atom is -0.295 e. The Hall–Kier alpha value is -2.89. The van der Waals surface area contributed by atoms with E-state index in [1.54, 1.807) is 11.6 Å². The van der Waals surface area contributed by atoms with Crippen LogP contribution in [0.4, 0.5) is 0 Å². The average Bonchev–Trinajstić information content (AvgIpc) is 2.80. The lowest BCUT2D eigenvalue weighted by Gasteiger charge is -2.21. The van der Waals surface area contributed by atoms with E-state index < -0.39 is 11.9 Å². The Morgan fingerprint density at radius 1 is 1.09 bits per heavy atom. The van der Waals surface area contributed by atoms with Gasteiger partial charge in [-0.3, -0.25) is 24.0 Å². The number of amides is 2. The van der Waals surface area contributed by atoms with Crippen LogP contribution < -0.4 is 11.0 Å². The Bertz CT molecular complexity index is 1030. The van der Waals surface area contributed by atoms with Gasteiger partial charge in [-0.05, 0) is 17.9 Å². The summed E-state index contributed by atoms with van der Waals surface area (Å²) >= 11 is 0. The zero-order chi connectivity index (χ0) is 16.1. The van der Waals surface area contributed by atoms with Crippen molar-refractivity contribution in [2.75, 3.05) is 0 Å². The molecule has 1 aliphatic heterocycles. The van der Waals surface area contributed by atoms with Crippen LogP contribution >= 0.6 is 0 Å². The van der Waals surface area contributed by atoms with Crippen molar-refractivity contribution in [2.24, 2.45) is 7.05 Å². The summed E-state index contributed by atoms with van der Waals surface area (Å²) in [5.41, 5.74) is 1.27. The second kappa shape index (κ2) is 4.81. The molecule has 1 N–H and O–H groups in total. The number of imide groups is 1. The second-order valence-corrected chi connectivity index (χ2v) is 5.83. The minimum atomic E-state index is -0.648. The summed E-state index contributed by atoms with van der Waals surface area (Å²) in [6.07, 6.45) is 0.587. The Kier molecular flexibility index (Phi) is 2.87. The van der Waals surface area contributed by atoms with Crippen LogP contribution in [0.3, 0.4) is 0 Å². The number of fused-ring (bicyclic) bond motifs is 3. The van der Waals surface area contributed by atoms with Gasteiger partial charge >= 0.3 is 5.69 Å². The van der Waals surface area contributed by atoms with Gasteiger partial charge in [0.05, 0.1) is 11.0 Å². The predicted molar refractivity (Wildman–Crippen MR) is 86.1 cm³/mol. The number of nitrogens with zero attached hydrogens (tertiary/aromatic N) is 2. The molecule has 1 aromatic heterocycles. The summed E-state index contributed by atoms with van der Waals surface area (Å²) in [6.45, 7) is 0. The molecule has 23 heavy (non-hydrogen) atoms. The van der Waals surface area contributed by atoms with Crippen LogP contribution in [-0.4, -0.2) is 20.9 Å². The van der Waals surface area contributed by atoms with Crippen molar-refractivity contribution in [2.45, 2.75) is 18.9 Å². The minimum absolute atomic E-state index is 0.243. The van der Waals surface area contributed by atoms with Crippen LogP contribution in [0, 0.1) is 0 Å². The smallest absolute Gasteiger partial charge is 0.295 e. The molecule has 1 fully saturated rings. The van der Waals surface area contributed by atoms with E-state index in [4.69, 9.17) is 0 Å². The SMILES string of the molecule is Cn1c(=O)n(C2CCC(=O)NC2=O)c2ccc3ccccc3c21. The number of rotatable bonds is 1. The molecule has 0 bridgehead atoms. The maximum atomic E-state index is 12.7. The van der Waals surface area contributed by atoms with E-state index in [0.29, 0.717) is 11.9 Å². The molecule has 2 heterocycles. The molecule has 0 aliphatic carbocycles. The fourth-order valence-corrected chi connectivity index (χ4v) is 3.38. The van der Waals surface area contributed by atoms with Gasteiger partial charge in [0.15, 0.2) is 0 Å². The van der Waals surface area contributed by atoms with Gasteiger partial charge in [0.25, 0.3) is 0 Å². The molecule has 0 radical (unpaired) electrons. The Labute approximate surface area is 131 Å². The van der Waals surface area contributed by atoms with E-state index in [-0.39, 0.29) is 18.0 Å². The third-order valence-electron chi connectivity index (χ3n) is 4.49. The van der Waals surface area contributed by atoms with Crippen molar-refractivity contribution < 1.29 is 9.59 Å². The zero-order valence-electron chi connectivity index (χ0n) is 12.6. The first-order valence-electron chi connectivity index (χ1n) is 7.50. The van der Waals surface area contributed by atoms with Gasteiger partial charge in [-0.1, -0.05) is 30.3 Å². The molecular weight excluding hydrogens is 294 g/mol. The molecule has 1 saturated heterocycles. The van der Waals surface area contributed by atoms with Crippen molar-refractivity contribution in [3.05, 3.63) is 46.9 Å². The highest BCUT2D eigenvalue weighted by Gasteiger charge is 2.31. The van der Waals surface area contributed by atoms with E-state index in [1.165, 1.54) is 4.57 Å². The van der Waals surface area contributed by atoms with Crippen molar-refractivity contribution in [3.63, 3.8) is 0 Å². The highest BCUT2D eigenvalue weighted by Crippen LogP contribution is 2.28. The van der Waals surface area contributed by atoms with Crippen LogP contribution in [0.25, 0.3) is 21.8 Å². The number of benzene rings is 2. The fourth-order valence-electron chi connectivity index (χ4n) is 3.38. The number of hydrogen-bond acceptors (Lipinski definition) is 3. The molecule has 6 nitrogen and oxygen atoms in total. The van der Waals surface area contributed by atoms with Crippen LogP contribution in [0.15, 0.2) is 41.2 Å². The normalized spacial score (nSPS) is 18.6. The highest BCUT2D eigenvalue weighted by molar-refractivity contribution is 6.05. The third-order valence-corrected chi connectivity index (χ3v) is 4.49. The van der Waals surface area contributed by atoms with Crippen LogP contribution in [0.5, 0.6) is 0 Å². The number of aryl methyl sites for hydroxylation is 1. The summed E-state index contributed by atoms with van der Waals surface area (Å²) in [4.78, 5) is 36.2. The number of hydrogen-bond donors (Lipinski definition) is 1. The molecule has 3 aromatic rings. The average molecular weight is 309 g/mol. The predicted octanol–water partition coefficient (Wildman–Crippen LogP) is 1.47. The largest absolute Gasteiger partial charge is 0.329 e.